The molecular weight excluding hydrogens is 288 g/mol. The van der Waals surface area contributed by atoms with Gasteiger partial charge in [0.25, 0.3) is 0 Å². The Balaban J connectivity index is 1.84. The smallest absolute Gasteiger partial charge is 0.379 e. The van der Waals surface area contributed by atoms with Crippen molar-refractivity contribution in [1.29, 1.82) is 0 Å². The van der Waals surface area contributed by atoms with Crippen LogP contribution < -0.4 is 0 Å². The molecule has 0 aromatic rings. The fourth-order valence-corrected chi connectivity index (χ4v) is 2.29. The second-order valence-corrected chi connectivity index (χ2v) is 6.59. The Bertz CT molecular complexity index is 257. The zero-order valence-electron chi connectivity index (χ0n) is 11.9. The Labute approximate surface area is 119 Å². The standard InChI is InChI=1S/C11H22O8Si/c1-4-20(12-2,13-3)18-10-17-19-16-7-5-6-14-8-11-9-15-11/h4,11H,1,5-10H2,2-3H3. The van der Waals surface area contributed by atoms with Crippen LogP contribution in [0.25, 0.3) is 0 Å². The largest absolute Gasteiger partial charge is 0.530 e. The van der Waals surface area contributed by atoms with E-state index in [0.29, 0.717) is 26.2 Å². The molecule has 0 aromatic carbocycles. The molecular formula is C11H22O8Si. The molecule has 0 aliphatic carbocycles. The third-order valence-electron chi connectivity index (χ3n) is 2.45. The molecule has 1 saturated heterocycles. The number of hydrogen-bond donors (Lipinski definition) is 0. The van der Waals surface area contributed by atoms with Gasteiger partial charge in [0.15, 0.2) is 6.79 Å². The molecule has 0 bridgehead atoms. The maximum Gasteiger partial charge on any atom is 0.530 e. The van der Waals surface area contributed by atoms with E-state index in [0.717, 1.165) is 6.61 Å². The molecule has 1 rings (SSSR count). The SMILES string of the molecule is C=C[Si](OC)(OC)OCOOOCCCOCC1CO1. The molecule has 1 fully saturated rings. The highest BCUT2D eigenvalue weighted by molar-refractivity contribution is 6.66. The van der Waals surface area contributed by atoms with E-state index >= 15 is 0 Å². The molecule has 118 valence electrons. The molecule has 20 heavy (non-hydrogen) atoms. The van der Waals surface area contributed by atoms with Crippen LogP contribution in [0.1, 0.15) is 6.42 Å². The quantitative estimate of drug-likeness (QED) is 0.115. The van der Waals surface area contributed by atoms with Gasteiger partial charge in [0.1, 0.15) is 6.10 Å². The van der Waals surface area contributed by atoms with Crippen LogP contribution in [0.3, 0.4) is 0 Å². The van der Waals surface area contributed by atoms with E-state index in [2.05, 4.69) is 16.5 Å². The van der Waals surface area contributed by atoms with Crippen molar-refractivity contribution in [1.82, 2.24) is 0 Å². The maximum atomic E-state index is 5.31. The predicted octanol–water partition coefficient (Wildman–Crippen LogP) is 0.603. The third kappa shape index (κ3) is 7.43. The third-order valence-corrected chi connectivity index (χ3v) is 4.60. The Morgan fingerprint density at radius 1 is 1.25 bits per heavy atom. The lowest BCUT2D eigenvalue weighted by Gasteiger charge is -2.21. The fraction of sp³-hybridized carbons (Fsp3) is 0.818. The van der Waals surface area contributed by atoms with Gasteiger partial charge in [-0.05, 0) is 12.1 Å². The van der Waals surface area contributed by atoms with Crippen molar-refractivity contribution in [2.24, 2.45) is 0 Å². The number of epoxide rings is 1. The Morgan fingerprint density at radius 2 is 2.00 bits per heavy atom. The molecule has 8 nitrogen and oxygen atoms in total. The number of ether oxygens (including phenoxy) is 2. The Morgan fingerprint density at radius 3 is 2.60 bits per heavy atom. The Hall–Kier alpha value is -0.363. The lowest BCUT2D eigenvalue weighted by molar-refractivity contribution is -0.525. The van der Waals surface area contributed by atoms with E-state index < -0.39 is 8.80 Å². The summed E-state index contributed by atoms with van der Waals surface area (Å²) in [5.41, 5.74) is 1.48. The van der Waals surface area contributed by atoms with Crippen molar-refractivity contribution in [3.8, 4) is 0 Å². The molecule has 1 aliphatic heterocycles. The summed E-state index contributed by atoms with van der Waals surface area (Å²) in [7, 11) is 0.110. The first-order valence-electron chi connectivity index (χ1n) is 6.24. The van der Waals surface area contributed by atoms with Crippen molar-refractivity contribution >= 4 is 8.80 Å². The second-order valence-electron chi connectivity index (χ2n) is 3.87. The minimum Gasteiger partial charge on any atom is -0.379 e. The van der Waals surface area contributed by atoms with Gasteiger partial charge >= 0.3 is 8.80 Å². The monoisotopic (exact) mass is 310 g/mol. The van der Waals surface area contributed by atoms with E-state index in [4.69, 9.17) is 27.6 Å². The van der Waals surface area contributed by atoms with Gasteiger partial charge in [-0.25, -0.2) is 4.89 Å². The van der Waals surface area contributed by atoms with Crippen LogP contribution in [-0.2, 0) is 37.6 Å². The average Bonchev–Trinajstić information content (AvgIpc) is 3.30. The molecule has 0 aromatic heterocycles. The van der Waals surface area contributed by atoms with Gasteiger partial charge in [0.05, 0.1) is 19.8 Å². The van der Waals surface area contributed by atoms with Gasteiger partial charge in [-0.3, -0.25) is 0 Å². The second kappa shape index (κ2) is 10.4. The lowest BCUT2D eigenvalue weighted by Crippen LogP contribution is -2.42. The first-order valence-corrected chi connectivity index (χ1v) is 8.05. The first kappa shape index (κ1) is 17.7. The van der Waals surface area contributed by atoms with E-state index in [1.54, 1.807) is 0 Å². The highest BCUT2D eigenvalue weighted by Crippen LogP contribution is 2.09. The van der Waals surface area contributed by atoms with Crippen molar-refractivity contribution in [2.45, 2.75) is 12.5 Å². The number of hydrogen-bond acceptors (Lipinski definition) is 8. The van der Waals surface area contributed by atoms with Crippen molar-refractivity contribution < 1.29 is 37.6 Å². The van der Waals surface area contributed by atoms with E-state index in [-0.39, 0.29) is 12.9 Å². The summed E-state index contributed by atoms with van der Waals surface area (Å²) >= 11 is 0. The van der Waals surface area contributed by atoms with Gasteiger partial charge in [0, 0.05) is 20.8 Å². The Kier molecular flexibility index (Phi) is 9.18. The van der Waals surface area contributed by atoms with Crippen LogP contribution in [0.15, 0.2) is 12.3 Å². The van der Waals surface area contributed by atoms with E-state index in [1.807, 2.05) is 0 Å². The van der Waals surface area contributed by atoms with Crippen molar-refractivity contribution in [3.63, 3.8) is 0 Å². The average molecular weight is 310 g/mol. The van der Waals surface area contributed by atoms with Crippen molar-refractivity contribution in [2.75, 3.05) is 47.4 Å². The zero-order chi connectivity index (χ0) is 14.7. The van der Waals surface area contributed by atoms with Crippen LogP contribution in [0.5, 0.6) is 0 Å². The highest BCUT2D eigenvalue weighted by atomic mass is 28.4. The summed E-state index contributed by atoms with van der Waals surface area (Å²) in [5, 5.41) is 4.47. The molecule has 0 spiro atoms. The van der Waals surface area contributed by atoms with Crippen LogP contribution in [0.2, 0.25) is 0 Å². The fourth-order valence-electron chi connectivity index (χ4n) is 1.22. The van der Waals surface area contributed by atoms with Crippen LogP contribution in [-0.4, -0.2) is 62.3 Å². The molecule has 1 aliphatic rings. The molecule has 1 atom stereocenters. The summed E-state index contributed by atoms with van der Waals surface area (Å²) in [6, 6.07) is 0. The van der Waals surface area contributed by atoms with Crippen molar-refractivity contribution in [3.05, 3.63) is 12.3 Å². The van der Waals surface area contributed by atoms with Crippen LogP contribution >= 0.6 is 0 Å². The maximum absolute atomic E-state index is 5.31. The molecule has 0 N–H and O–H groups in total. The summed E-state index contributed by atoms with van der Waals surface area (Å²) in [5.74, 6) is 0. The van der Waals surface area contributed by atoms with Gasteiger partial charge in [-0.15, -0.1) is 0 Å². The summed E-state index contributed by atoms with van der Waals surface area (Å²) in [6.07, 6.45) is 0.974. The van der Waals surface area contributed by atoms with Gasteiger partial charge in [-0.1, -0.05) is 11.6 Å². The normalized spacial score (nSPS) is 18.2. The van der Waals surface area contributed by atoms with E-state index in [9.17, 15) is 0 Å². The molecule has 0 saturated carbocycles. The highest BCUT2D eigenvalue weighted by Gasteiger charge is 2.35. The number of rotatable bonds is 14. The topological polar surface area (TPSA) is 77.1 Å². The summed E-state index contributed by atoms with van der Waals surface area (Å²) in [4.78, 5) is 9.44. The van der Waals surface area contributed by atoms with Gasteiger partial charge in [0.2, 0.25) is 0 Å². The molecule has 0 amide bonds. The molecule has 1 unspecified atom stereocenters. The molecule has 9 heteroatoms. The zero-order valence-corrected chi connectivity index (χ0v) is 12.9. The first-order chi connectivity index (χ1) is 9.76. The molecule has 0 radical (unpaired) electrons. The minimum absolute atomic E-state index is 0.185. The van der Waals surface area contributed by atoms with E-state index in [1.165, 1.54) is 19.9 Å². The summed E-state index contributed by atoms with van der Waals surface area (Å²) < 4.78 is 25.8. The van der Waals surface area contributed by atoms with Crippen LogP contribution in [0, 0.1) is 0 Å². The summed E-state index contributed by atoms with van der Waals surface area (Å²) in [6.45, 7) is 5.76. The van der Waals surface area contributed by atoms with Crippen LogP contribution in [0.4, 0.5) is 0 Å². The molecule has 1 heterocycles. The minimum atomic E-state index is -2.84. The van der Waals surface area contributed by atoms with Gasteiger partial charge in [-0.2, -0.15) is 4.89 Å². The lowest BCUT2D eigenvalue weighted by atomic mass is 10.5. The predicted molar refractivity (Wildman–Crippen MR) is 69.2 cm³/mol. The van der Waals surface area contributed by atoms with Gasteiger partial charge < -0.3 is 22.8 Å².